The highest BCUT2D eigenvalue weighted by atomic mass is 16.5. The number of nitrogens with one attached hydrogen (secondary N) is 1. The van der Waals surface area contributed by atoms with Crippen LogP contribution in [0, 0.1) is 13.8 Å². The largest absolute Gasteiger partial charge is 0.449 e. The molecular weight excluding hydrogens is 326 g/mol. The van der Waals surface area contributed by atoms with Gasteiger partial charge in [0.2, 0.25) is 5.91 Å². The number of carbonyl (C=O) groups is 3. The summed E-state index contributed by atoms with van der Waals surface area (Å²) in [5.74, 6) is -1.16. The van der Waals surface area contributed by atoms with Gasteiger partial charge in [0, 0.05) is 0 Å². The molecule has 1 aliphatic heterocycles. The number of aryl methyl sites for hydroxylation is 2. The lowest BCUT2D eigenvalue weighted by Gasteiger charge is -2.30. The SMILES string of the molecule is Cc1noc(C)c1C(=O)O[C@@H](C)C(=O)N1CC(=O)Nc2ccccc21. The minimum atomic E-state index is -1.07. The van der Waals surface area contributed by atoms with E-state index in [1.807, 2.05) is 0 Å². The number of anilines is 2. The van der Waals surface area contributed by atoms with Crippen LogP contribution in [0.25, 0.3) is 0 Å². The van der Waals surface area contributed by atoms with E-state index in [2.05, 4.69) is 10.5 Å². The molecule has 25 heavy (non-hydrogen) atoms. The van der Waals surface area contributed by atoms with Gasteiger partial charge in [-0.25, -0.2) is 4.79 Å². The first-order chi connectivity index (χ1) is 11.9. The number of para-hydroxylation sites is 2. The number of benzene rings is 1. The molecule has 2 heterocycles. The predicted molar refractivity (Wildman–Crippen MR) is 88.3 cm³/mol. The van der Waals surface area contributed by atoms with Crippen LogP contribution in [-0.4, -0.2) is 35.6 Å². The van der Waals surface area contributed by atoms with Crippen molar-refractivity contribution in [2.75, 3.05) is 16.8 Å². The third kappa shape index (κ3) is 3.10. The van der Waals surface area contributed by atoms with E-state index in [0.29, 0.717) is 22.8 Å². The normalized spacial score (nSPS) is 14.5. The first kappa shape index (κ1) is 16.7. The molecule has 1 aromatic heterocycles. The number of carbonyl (C=O) groups excluding carboxylic acids is 3. The van der Waals surface area contributed by atoms with Crippen molar-refractivity contribution in [2.24, 2.45) is 0 Å². The summed E-state index contributed by atoms with van der Waals surface area (Å²) < 4.78 is 10.2. The average Bonchev–Trinajstić information content (AvgIpc) is 2.91. The Morgan fingerprint density at radius 3 is 2.72 bits per heavy atom. The molecule has 0 saturated heterocycles. The molecule has 0 aliphatic carbocycles. The summed E-state index contributed by atoms with van der Waals surface area (Å²) >= 11 is 0. The lowest BCUT2D eigenvalue weighted by Crippen LogP contribution is -2.47. The van der Waals surface area contributed by atoms with Gasteiger partial charge in [0.15, 0.2) is 6.10 Å². The van der Waals surface area contributed by atoms with Gasteiger partial charge in [0.05, 0.1) is 17.1 Å². The molecule has 1 aliphatic rings. The highest BCUT2D eigenvalue weighted by molar-refractivity contribution is 6.11. The van der Waals surface area contributed by atoms with Gasteiger partial charge in [0.1, 0.15) is 17.9 Å². The Kier molecular flexibility index (Phi) is 4.26. The number of hydrogen-bond acceptors (Lipinski definition) is 6. The molecule has 0 fully saturated rings. The first-order valence-electron chi connectivity index (χ1n) is 7.72. The molecule has 0 radical (unpaired) electrons. The van der Waals surface area contributed by atoms with E-state index < -0.39 is 18.0 Å². The molecule has 0 unspecified atom stereocenters. The summed E-state index contributed by atoms with van der Waals surface area (Å²) in [4.78, 5) is 38.1. The van der Waals surface area contributed by atoms with Gasteiger partial charge in [-0.1, -0.05) is 17.3 Å². The number of nitrogens with zero attached hydrogens (tertiary/aromatic N) is 2. The summed E-state index contributed by atoms with van der Waals surface area (Å²) in [6.07, 6.45) is -1.07. The average molecular weight is 343 g/mol. The molecular formula is C17H17N3O5. The smallest absolute Gasteiger partial charge is 0.344 e. The number of hydrogen-bond donors (Lipinski definition) is 1. The molecule has 0 saturated carbocycles. The summed E-state index contributed by atoms with van der Waals surface area (Å²) in [6, 6.07) is 6.94. The number of esters is 1. The Bertz CT molecular complexity index is 838. The molecule has 130 valence electrons. The van der Waals surface area contributed by atoms with E-state index in [1.54, 1.807) is 38.1 Å². The summed E-state index contributed by atoms with van der Waals surface area (Å²) in [5, 5.41) is 6.40. The monoisotopic (exact) mass is 343 g/mol. The Hall–Kier alpha value is -3.16. The van der Waals surface area contributed by atoms with Crippen LogP contribution in [0.4, 0.5) is 11.4 Å². The molecule has 1 N–H and O–H groups in total. The maximum Gasteiger partial charge on any atom is 0.344 e. The summed E-state index contributed by atoms with van der Waals surface area (Å²) in [7, 11) is 0. The van der Waals surface area contributed by atoms with Gasteiger partial charge >= 0.3 is 5.97 Å². The second kappa shape index (κ2) is 6.39. The highest BCUT2D eigenvalue weighted by Gasteiger charge is 2.32. The molecule has 1 aromatic carbocycles. The summed E-state index contributed by atoms with van der Waals surface area (Å²) in [6.45, 7) is 4.54. The number of ether oxygens (including phenoxy) is 1. The van der Waals surface area contributed by atoms with Crippen LogP contribution in [0.2, 0.25) is 0 Å². The topological polar surface area (TPSA) is 102 Å². The van der Waals surface area contributed by atoms with Crippen LogP contribution in [0.1, 0.15) is 28.7 Å². The minimum absolute atomic E-state index is 0.136. The molecule has 1 atom stereocenters. The minimum Gasteiger partial charge on any atom is -0.449 e. The second-order valence-corrected chi connectivity index (χ2v) is 5.74. The van der Waals surface area contributed by atoms with Crippen molar-refractivity contribution in [3.05, 3.63) is 41.3 Å². The van der Waals surface area contributed by atoms with E-state index in [1.165, 1.54) is 11.8 Å². The fourth-order valence-corrected chi connectivity index (χ4v) is 2.69. The van der Waals surface area contributed by atoms with Gasteiger partial charge in [-0.2, -0.15) is 0 Å². The van der Waals surface area contributed by atoms with Crippen molar-refractivity contribution < 1.29 is 23.6 Å². The molecule has 2 aromatic rings. The zero-order valence-corrected chi connectivity index (χ0v) is 14.0. The quantitative estimate of drug-likeness (QED) is 0.853. The van der Waals surface area contributed by atoms with Gasteiger partial charge in [-0.15, -0.1) is 0 Å². The predicted octanol–water partition coefficient (Wildman–Crippen LogP) is 1.82. The first-order valence-corrected chi connectivity index (χ1v) is 7.72. The maximum absolute atomic E-state index is 12.7. The Morgan fingerprint density at radius 2 is 2.04 bits per heavy atom. The van der Waals surface area contributed by atoms with E-state index in [9.17, 15) is 14.4 Å². The van der Waals surface area contributed by atoms with Crippen LogP contribution in [0.3, 0.4) is 0 Å². The lowest BCUT2D eigenvalue weighted by molar-refractivity contribution is -0.128. The van der Waals surface area contributed by atoms with Crippen molar-refractivity contribution in [1.29, 1.82) is 0 Å². The highest BCUT2D eigenvalue weighted by Crippen LogP contribution is 2.29. The van der Waals surface area contributed by atoms with Crippen molar-refractivity contribution >= 4 is 29.2 Å². The van der Waals surface area contributed by atoms with Crippen LogP contribution >= 0.6 is 0 Å². The third-order valence-corrected chi connectivity index (χ3v) is 3.91. The fourth-order valence-electron chi connectivity index (χ4n) is 2.69. The van der Waals surface area contributed by atoms with E-state index in [0.717, 1.165) is 0 Å². The zero-order chi connectivity index (χ0) is 18.1. The van der Waals surface area contributed by atoms with Crippen LogP contribution in [0.5, 0.6) is 0 Å². The van der Waals surface area contributed by atoms with Crippen molar-refractivity contribution in [2.45, 2.75) is 26.9 Å². The van der Waals surface area contributed by atoms with E-state index in [4.69, 9.17) is 9.26 Å². The van der Waals surface area contributed by atoms with Crippen molar-refractivity contribution in [1.82, 2.24) is 5.16 Å². The van der Waals surface area contributed by atoms with Gasteiger partial charge in [0.25, 0.3) is 5.91 Å². The fraction of sp³-hybridized carbons (Fsp3) is 0.294. The number of aromatic nitrogens is 1. The van der Waals surface area contributed by atoms with Crippen molar-refractivity contribution in [3.63, 3.8) is 0 Å². The second-order valence-electron chi connectivity index (χ2n) is 5.74. The zero-order valence-electron chi connectivity index (χ0n) is 14.0. The van der Waals surface area contributed by atoms with E-state index >= 15 is 0 Å². The number of rotatable bonds is 3. The Labute approximate surface area is 143 Å². The lowest BCUT2D eigenvalue weighted by atomic mass is 10.1. The van der Waals surface area contributed by atoms with Crippen LogP contribution < -0.4 is 10.2 Å². The Morgan fingerprint density at radius 1 is 1.32 bits per heavy atom. The molecule has 8 heteroatoms. The third-order valence-electron chi connectivity index (χ3n) is 3.91. The molecule has 0 bridgehead atoms. The van der Waals surface area contributed by atoms with Crippen LogP contribution in [-0.2, 0) is 14.3 Å². The number of amides is 2. The van der Waals surface area contributed by atoms with Gasteiger partial charge in [-0.05, 0) is 32.9 Å². The standard InChI is InChI=1S/C17H17N3O5/c1-9-15(10(2)25-19-9)17(23)24-11(3)16(22)20-8-14(21)18-12-6-4-5-7-13(12)20/h4-7,11H,8H2,1-3H3,(H,18,21)/t11-/m0/s1. The molecule has 2 amide bonds. The van der Waals surface area contributed by atoms with Gasteiger partial charge in [-0.3, -0.25) is 14.5 Å². The van der Waals surface area contributed by atoms with E-state index in [-0.39, 0.29) is 18.0 Å². The molecule has 3 rings (SSSR count). The van der Waals surface area contributed by atoms with Gasteiger partial charge < -0.3 is 14.6 Å². The molecule has 0 spiro atoms. The Balaban J connectivity index is 1.79. The maximum atomic E-state index is 12.7. The summed E-state index contributed by atoms with van der Waals surface area (Å²) in [5.41, 5.74) is 1.70. The van der Waals surface area contributed by atoms with Crippen molar-refractivity contribution in [3.8, 4) is 0 Å². The number of fused-ring (bicyclic) bond motifs is 1. The van der Waals surface area contributed by atoms with Crippen LogP contribution in [0.15, 0.2) is 28.8 Å². The molecule has 8 nitrogen and oxygen atoms in total.